The lowest BCUT2D eigenvalue weighted by molar-refractivity contribution is -0.121. The Morgan fingerprint density at radius 2 is 2.50 bits per heavy atom. The van der Waals surface area contributed by atoms with Gasteiger partial charge < -0.3 is 11.1 Å². The van der Waals surface area contributed by atoms with Crippen molar-refractivity contribution in [3.8, 4) is 0 Å². The minimum Gasteiger partial charge on any atom is -0.355 e. The van der Waals surface area contributed by atoms with Gasteiger partial charge in [-0.05, 0) is 13.3 Å². The van der Waals surface area contributed by atoms with E-state index in [-0.39, 0.29) is 5.91 Å². The van der Waals surface area contributed by atoms with Crippen LogP contribution in [-0.2, 0) is 11.3 Å². The van der Waals surface area contributed by atoms with E-state index >= 15 is 0 Å². The van der Waals surface area contributed by atoms with Crippen molar-refractivity contribution in [2.75, 3.05) is 6.54 Å². The van der Waals surface area contributed by atoms with Crippen molar-refractivity contribution < 1.29 is 4.79 Å². The van der Waals surface area contributed by atoms with E-state index in [1.807, 2.05) is 0 Å². The van der Waals surface area contributed by atoms with E-state index in [1.165, 1.54) is 0 Å². The summed E-state index contributed by atoms with van der Waals surface area (Å²) in [5.41, 5.74) is 5.37. The van der Waals surface area contributed by atoms with Gasteiger partial charge in [0.1, 0.15) is 0 Å². The van der Waals surface area contributed by atoms with E-state index in [4.69, 9.17) is 5.73 Å². The molecule has 1 aromatic rings. The summed E-state index contributed by atoms with van der Waals surface area (Å²) in [6.45, 7) is 3.02. The van der Waals surface area contributed by atoms with Crippen molar-refractivity contribution >= 4 is 5.91 Å². The minimum atomic E-state index is -0.443. The van der Waals surface area contributed by atoms with Crippen molar-refractivity contribution in [3.05, 3.63) is 12.4 Å². The first kappa shape index (κ1) is 10.6. The fourth-order valence-corrected chi connectivity index (χ4v) is 0.966. The van der Waals surface area contributed by atoms with Gasteiger partial charge in [0, 0.05) is 19.3 Å². The molecule has 1 rings (SSSR count). The van der Waals surface area contributed by atoms with Gasteiger partial charge >= 0.3 is 0 Å². The SMILES string of the molecule is C[C@@H](N)C(=O)NCCCn1ccnn1. The normalized spacial score (nSPS) is 12.4. The highest BCUT2D eigenvalue weighted by Gasteiger charge is 2.04. The van der Waals surface area contributed by atoms with Crippen LogP contribution in [0.15, 0.2) is 12.4 Å². The molecule has 14 heavy (non-hydrogen) atoms. The Morgan fingerprint density at radius 3 is 3.07 bits per heavy atom. The van der Waals surface area contributed by atoms with Crippen LogP contribution in [0.3, 0.4) is 0 Å². The Morgan fingerprint density at radius 1 is 1.71 bits per heavy atom. The van der Waals surface area contributed by atoms with Crippen LogP contribution in [0.5, 0.6) is 0 Å². The second-order valence-corrected chi connectivity index (χ2v) is 3.10. The lowest BCUT2D eigenvalue weighted by Gasteiger charge is -2.06. The predicted octanol–water partition coefficient (Wildman–Crippen LogP) is -0.868. The molecule has 0 spiro atoms. The zero-order valence-corrected chi connectivity index (χ0v) is 8.18. The molecule has 0 radical (unpaired) electrons. The summed E-state index contributed by atoms with van der Waals surface area (Å²) in [6, 6.07) is -0.443. The zero-order chi connectivity index (χ0) is 10.4. The number of nitrogens with zero attached hydrogens (tertiary/aromatic N) is 3. The van der Waals surface area contributed by atoms with Gasteiger partial charge in [0.15, 0.2) is 0 Å². The monoisotopic (exact) mass is 197 g/mol. The van der Waals surface area contributed by atoms with E-state index in [1.54, 1.807) is 24.0 Å². The van der Waals surface area contributed by atoms with Crippen LogP contribution >= 0.6 is 0 Å². The van der Waals surface area contributed by atoms with Crippen LogP contribution in [0.1, 0.15) is 13.3 Å². The number of aryl methyl sites for hydroxylation is 1. The molecule has 0 saturated carbocycles. The Labute approximate surface area is 82.5 Å². The smallest absolute Gasteiger partial charge is 0.236 e. The molecule has 6 nitrogen and oxygen atoms in total. The third-order valence-corrected chi connectivity index (χ3v) is 1.75. The zero-order valence-electron chi connectivity index (χ0n) is 8.18. The molecule has 0 unspecified atom stereocenters. The molecule has 0 aliphatic heterocycles. The van der Waals surface area contributed by atoms with Crippen LogP contribution < -0.4 is 11.1 Å². The summed E-state index contributed by atoms with van der Waals surface area (Å²) in [7, 11) is 0. The summed E-state index contributed by atoms with van der Waals surface area (Å²) >= 11 is 0. The van der Waals surface area contributed by atoms with Crippen LogP contribution in [0.4, 0.5) is 0 Å². The fourth-order valence-electron chi connectivity index (χ4n) is 0.966. The highest BCUT2D eigenvalue weighted by molar-refractivity contribution is 5.80. The molecular weight excluding hydrogens is 182 g/mol. The lowest BCUT2D eigenvalue weighted by Crippen LogP contribution is -2.38. The number of nitrogens with two attached hydrogens (primary N) is 1. The van der Waals surface area contributed by atoms with Crippen LogP contribution in [0, 0.1) is 0 Å². The van der Waals surface area contributed by atoms with E-state index in [0.717, 1.165) is 13.0 Å². The number of aromatic nitrogens is 3. The van der Waals surface area contributed by atoms with Crippen molar-refractivity contribution in [1.29, 1.82) is 0 Å². The topological polar surface area (TPSA) is 85.8 Å². The predicted molar refractivity (Wildman–Crippen MR) is 51.3 cm³/mol. The van der Waals surface area contributed by atoms with Crippen molar-refractivity contribution in [2.45, 2.75) is 25.9 Å². The standard InChI is InChI=1S/C8H15N5O/c1-7(9)8(14)10-3-2-5-13-6-4-11-12-13/h4,6-7H,2-3,5,9H2,1H3,(H,10,14)/t7-/m1/s1. The molecule has 6 heteroatoms. The molecule has 3 N–H and O–H groups in total. The largest absolute Gasteiger partial charge is 0.355 e. The minimum absolute atomic E-state index is 0.122. The van der Waals surface area contributed by atoms with Gasteiger partial charge in [0.25, 0.3) is 0 Å². The molecule has 0 aliphatic carbocycles. The van der Waals surface area contributed by atoms with Gasteiger partial charge in [0.05, 0.1) is 12.2 Å². The van der Waals surface area contributed by atoms with E-state index in [0.29, 0.717) is 6.54 Å². The molecule has 1 amide bonds. The highest BCUT2D eigenvalue weighted by Crippen LogP contribution is 1.86. The summed E-state index contributed by atoms with van der Waals surface area (Å²) in [5, 5.41) is 10.2. The maximum absolute atomic E-state index is 11.0. The number of amides is 1. The lowest BCUT2D eigenvalue weighted by atomic mass is 10.3. The maximum Gasteiger partial charge on any atom is 0.236 e. The second-order valence-electron chi connectivity index (χ2n) is 3.10. The van der Waals surface area contributed by atoms with Crippen molar-refractivity contribution in [1.82, 2.24) is 20.3 Å². The first-order valence-corrected chi connectivity index (χ1v) is 4.57. The second kappa shape index (κ2) is 5.33. The van der Waals surface area contributed by atoms with Gasteiger partial charge in [-0.2, -0.15) is 0 Å². The first-order chi connectivity index (χ1) is 6.70. The summed E-state index contributed by atoms with van der Waals surface area (Å²) < 4.78 is 1.72. The number of rotatable bonds is 5. The molecule has 0 aliphatic rings. The average Bonchev–Trinajstić information content (AvgIpc) is 2.64. The number of hydrogen-bond acceptors (Lipinski definition) is 4. The highest BCUT2D eigenvalue weighted by atomic mass is 16.2. The average molecular weight is 197 g/mol. The van der Waals surface area contributed by atoms with Crippen LogP contribution in [0.2, 0.25) is 0 Å². The van der Waals surface area contributed by atoms with E-state index < -0.39 is 6.04 Å². The van der Waals surface area contributed by atoms with Gasteiger partial charge in [-0.25, -0.2) is 0 Å². The van der Waals surface area contributed by atoms with E-state index in [2.05, 4.69) is 15.6 Å². The molecule has 0 saturated heterocycles. The van der Waals surface area contributed by atoms with Gasteiger partial charge in [-0.1, -0.05) is 5.21 Å². The number of carbonyl (C=O) groups excluding carboxylic acids is 1. The maximum atomic E-state index is 11.0. The Kier molecular flexibility index (Phi) is 4.06. The molecule has 0 fully saturated rings. The van der Waals surface area contributed by atoms with Crippen molar-refractivity contribution in [2.24, 2.45) is 5.73 Å². The summed E-state index contributed by atoms with van der Waals surface area (Å²) in [6.07, 6.45) is 4.23. The third-order valence-electron chi connectivity index (χ3n) is 1.75. The summed E-state index contributed by atoms with van der Waals surface area (Å²) in [4.78, 5) is 11.0. The van der Waals surface area contributed by atoms with E-state index in [9.17, 15) is 4.79 Å². The van der Waals surface area contributed by atoms with Crippen LogP contribution in [0.25, 0.3) is 0 Å². The number of carbonyl (C=O) groups is 1. The van der Waals surface area contributed by atoms with Crippen LogP contribution in [-0.4, -0.2) is 33.5 Å². The molecule has 1 aromatic heterocycles. The van der Waals surface area contributed by atoms with Gasteiger partial charge in [0.2, 0.25) is 5.91 Å². The summed E-state index contributed by atoms with van der Waals surface area (Å²) in [5.74, 6) is -0.122. The molecule has 0 aromatic carbocycles. The number of nitrogens with one attached hydrogen (secondary N) is 1. The molecule has 1 heterocycles. The third kappa shape index (κ3) is 3.53. The van der Waals surface area contributed by atoms with Crippen molar-refractivity contribution in [3.63, 3.8) is 0 Å². The Hall–Kier alpha value is -1.43. The molecular formula is C8H15N5O. The number of hydrogen-bond donors (Lipinski definition) is 2. The van der Waals surface area contributed by atoms with Gasteiger partial charge in [-0.3, -0.25) is 9.48 Å². The Balaban J connectivity index is 2.08. The molecule has 0 bridgehead atoms. The molecule has 1 atom stereocenters. The Bertz CT molecular complexity index is 269. The van der Waals surface area contributed by atoms with Gasteiger partial charge in [-0.15, -0.1) is 5.10 Å². The molecule has 78 valence electrons. The quantitative estimate of drug-likeness (QED) is 0.601. The first-order valence-electron chi connectivity index (χ1n) is 4.57. The fraction of sp³-hybridized carbons (Fsp3) is 0.625.